The second-order valence-corrected chi connectivity index (χ2v) is 18.9. The molecule has 7 rings (SSSR count). The lowest BCUT2D eigenvalue weighted by Crippen LogP contribution is -2.67. The van der Waals surface area contributed by atoms with Crippen molar-refractivity contribution in [1.29, 1.82) is 0 Å². The molecule has 278 valence electrons. The molecule has 10 atom stereocenters. The third kappa shape index (κ3) is 6.14. The maximum absolute atomic E-state index is 13.1. The predicted molar refractivity (Wildman–Crippen MR) is 211 cm³/mol. The molecular weight excluding hydrogens is 641 g/mol. The van der Waals surface area contributed by atoms with Crippen molar-refractivity contribution in [3.63, 3.8) is 0 Å². The molecule has 5 saturated carbocycles. The monoisotopic (exact) mass is 702 g/mol. The topological polar surface area (TPSA) is 52.6 Å². The van der Waals surface area contributed by atoms with E-state index in [1.807, 2.05) is 72.8 Å². The molecule has 5 fully saturated rings. The van der Waals surface area contributed by atoms with Gasteiger partial charge in [0.2, 0.25) is 0 Å². The Labute approximate surface area is 313 Å². The first-order chi connectivity index (χ1) is 24.7. The summed E-state index contributed by atoms with van der Waals surface area (Å²) in [5.74, 6) is 2.24. The third-order valence-electron chi connectivity index (χ3n) is 16.4. The van der Waals surface area contributed by atoms with Crippen molar-refractivity contribution in [3.05, 3.63) is 96.1 Å². The van der Waals surface area contributed by atoms with Crippen molar-refractivity contribution in [2.75, 3.05) is 6.61 Å². The van der Waals surface area contributed by atoms with E-state index in [2.05, 4.69) is 48.1 Å². The quantitative estimate of drug-likeness (QED) is 0.156. The lowest BCUT2D eigenvalue weighted by Gasteiger charge is -2.73. The summed E-state index contributed by atoms with van der Waals surface area (Å²) in [6, 6.07) is 19.9. The number of rotatable bonds is 8. The minimum Gasteiger partial charge on any atom is -0.462 e. The van der Waals surface area contributed by atoms with Gasteiger partial charge in [-0.15, -0.1) is 0 Å². The minimum absolute atomic E-state index is 0.0211. The average Bonchev–Trinajstić information content (AvgIpc) is 3.52. The molecule has 2 aromatic carbocycles. The fourth-order valence-corrected chi connectivity index (χ4v) is 13.6. The van der Waals surface area contributed by atoms with Crippen LogP contribution < -0.4 is 0 Å². The summed E-state index contributed by atoms with van der Waals surface area (Å²) in [5.41, 5.74) is 3.89. The summed E-state index contributed by atoms with van der Waals surface area (Å²) >= 11 is 0. The van der Waals surface area contributed by atoms with Crippen molar-refractivity contribution in [2.24, 2.45) is 56.7 Å². The number of allylic oxidation sites excluding steroid dienone is 1. The van der Waals surface area contributed by atoms with E-state index in [0.717, 1.165) is 43.2 Å². The lowest BCUT2D eigenvalue weighted by atomic mass is 9.32. The maximum atomic E-state index is 13.1. The zero-order chi connectivity index (χ0) is 36.9. The molecule has 0 aliphatic heterocycles. The molecule has 0 radical (unpaired) electrons. The van der Waals surface area contributed by atoms with Crippen molar-refractivity contribution >= 4 is 24.1 Å². The van der Waals surface area contributed by atoms with Crippen LogP contribution in [0, 0.1) is 56.7 Å². The Morgan fingerprint density at radius 3 is 1.98 bits per heavy atom. The van der Waals surface area contributed by atoms with E-state index >= 15 is 0 Å². The van der Waals surface area contributed by atoms with Gasteiger partial charge in [-0.2, -0.15) is 0 Å². The van der Waals surface area contributed by atoms with Gasteiger partial charge in [0.15, 0.2) is 0 Å². The molecule has 5 aliphatic carbocycles. The van der Waals surface area contributed by atoms with Gasteiger partial charge in [0.25, 0.3) is 0 Å². The highest BCUT2D eigenvalue weighted by Crippen LogP contribution is 2.77. The number of hydrogen-bond acceptors (Lipinski definition) is 4. The predicted octanol–water partition coefficient (Wildman–Crippen LogP) is 11.5. The smallest absolute Gasteiger partial charge is 0.331 e. The van der Waals surface area contributed by atoms with Crippen LogP contribution >= 0.6 is 0 Å². The van der Waals surface area contributed by atoms with Crippen LogP contribution in [-0.4, -0.2) is 24.6 Å². The van der Waals surface area contributed by atoms with Crippen LogP contribution in [0.4, 0.5) is 0 Å². The highest BCUT2D eigenvalue weighted by atomic mass is 16.5. The summed E-state index contributed by atoms with van der Waals surface area (Å²) in [7, 11) is 0. The van der Waals surface area contributed by atoms with Crippen LogP contribution in [0.25, 0.3) is 12.2 Å². The highest BCUT2D eigenvalue weighted by molar-refractivity contribution is 5.87. The molecule has 0 aromatic heterocycles. The molecule has 0 amide bonds. The van der Waals surface area contributed by atoms with Gasteiger partial charge in [0, 0.05) is 23.0 Å². The summed E-state index contributed by atoms with van der Waals surface area (Å²) in [6.45, 7) is 20.0. The van der Waals surface area contributed by atoms with Crippen molar-refractivity contribution in [2.45, 2.75) is 112 Å². The zero-order valence-corrected chi connectivity index (χ0v) is 32.7. The van der Waals surface area contributed by atoms with Crippen LogP contribution in [0.2, 0.25) is 0 Å². The normalized spacial score (nSPS) is 39.2. The van der Waals surface area contributed by atoms with E-state index in [0.29, 0.717) is 36.2 Å². The van der Waals surface area contributed by atoms with Crippen LogP contribution in [0.3, 0.4) is 0 Å². The van der Waals surface area contributed by atoms with Crippen LogP contribution in [-0.2, 0) is 19.1 Å². The lowest BCUT2D eigenvalue weighted by molar-refractivity contribution is -0.251. The first kappa shape index (κ1) is 36.9. The number of carbonyl (C=O) groups excluding carboxylic acids is 2. The van der Waals surface area contributed by atoms with E-state index in [1.54, 1.807) is 12.2 Å². The number of hydrogen-bond donors (Lipinski definition) is 0. The molecule has 10 unspecified atom stereocenters. The zero-order valence-electron chi connectivity index (χ0n) is 32.7. The van der Waals surface area contributed by atoms with Crippen LogP contribution in [0.1, 0.15) is 117 Å². The molecule has 2 aromatic rings. The summed E-state index contributed by atoms with van der Waals surface area (Å²) in [4.78, 5) is 26.2. The number of ether oxygens (including phenoxy) is 2. The van der Waals surface area contributed by atoms with Gasteiger partial charge >= 0.3 is 11.9 Å². The molecule has 4 nitrogen and oxygen atoms in total. The molecule has 5 aliphatic rings. The number of carbonyl (C=O) groups is 2. The SMILES string of the molecule is C=C(C)C1CCC2(COC(=O)/C=C/c3ccccc3)CCC3(C)C(CCC4C5(C)CCC(OC(=O)/C=C/c6ccccc6)C(C)(C)C5CCC43C)C12. The molecule has 0 heterocycles. The van der Waals surface area contributed by atoms with E-state index in [1.165, 1.54) is 37.7 Å². The third-order valence-corrected chi connectivity index (χ3v) is 16.4. The first-order valence-corrected chi connectivity index (χ1v) is 20.2. The van der Waals surface area contributed by atoms with Crippen molar-refractivity contribution in [3.8, 4) is 0 Å². The van der Waals surface area contributed by atoms with E-state index < -0.39 is 0 Å². The maximum Gasteiger partial charge on any atom is 0.331 e. The Balaban J connectivity index is 1.09. The Morgan fingerprint density at radius 1 is 0.712 bits per heavy atom. The van der Waals surface area contributed by atoms with E-state index in [4.69, 9.17) is 9.47 Å². The van der Waals surface area contributed by atoms with Gasteiger partial charge < -0.3 is 9.47 Å². The summed E-state index contributed by atoms with van der Waals surface area (Å²) < 4.78 is 12.5. The largest absolute Gasteiger partial charge is 0.462 e. The fourth-order valence-electron chi connectivity index (χ4n) is 13.6. The highest BCUT2D eigenvalue weighted by Gasteiger charge is 2.71. The Hall–Kier alpha value is -3.40. The molecule has 0 N–H and O–H groups in total. The summed E-state index contributed by atoms with van der Waals surface area (Å²) in [6.07, 6.45) is 18.3. The Bertz CT molecular complexity index is 1710. The van der Waals surface area contributed by atoms with Gasteiger partial charge in [0.05, 0.1) is 6.61 Å². The number of esters is 2. The van der Waals surface area contributed by atoms with Crippen LogP contribution in [0.15, 0.2) is 85.0 Å². The van der Waals surface area contributed by atoms with Gasteiger partial charge in [-0.1, -0.05) is 107 Å². The van der Waals surface area contributed by atoms with Gasteiger partial charge in [-0.05, 0) is 140 Å². The summed E-state index contributed by atoms with van der Waals surface area (Å²) in [5, 5.41) is 0. The standard InChI is InChI=1S/C48H62O4/c1-33(2)36-24-29-48(32-51-41(49)22-18-34-14-10-8-11-15-34)31-30-46(6)37(43(36)48)20-21-39-45(5)27-26-40(44(3,4)38(45)25-28-47(39,46)7)52-42(50)23-19-35-16-12-9-13-17-35/h8-19,22-23,36-40,43H,1,20-21,24-32H2,2-7H3/b22-18+,23-19+. The molecule has 0 saturated heterocycles. The van der Waals surface area contributed by atoms with E-state index in [-0.39, 0.29) is 45.1 Å². The van der Waals surface area contributed by atoms with Crippen molar-refractivity contribution < 1.29 is 19.1 Å². The second-order valence-electron chi connectivity index (χ2n) is 18.9. The fraction of sp³-hybridized carbons (Fsp3) is 0.583. The molecule has 4 heteroatoms. The van der Waals surface area contributed by atoms with Gasteiger partial charge in [0.1, 0.15) is 6.10 Å². The molecule has 0 spiro atoms. The average molecular weight is 703 g/mol. The minimum atomic E-state index is -0.234. The second kappa shape index (κ2) is 13.8. The van der Waals surface area contributed by atoms with Gasteiger partial charge in [-0.25, -0.2) is 9.59 Å². The van der Waals surface area contributed by atoms with Crippen molar-refractivity contribution in [1.82, 2.24) is 0 Å². The molecular formula is C48H62O4. The number of benzene rings is 2. The van der Waals surface area contributed by atoms with Gasteiger partial charge in [-0.3, -0.25) is 0 Å². The molecule has 52 heavy (non-hydrogen) atoms. The molecule has 0 bridgehead atoms. The first-order valence-electron chi connectivity index (χ1n) is 20.2. The Kier molecular flexibility index (Phi) is 9.79. The Morgan fingerprint density at radius 2 is 1.35 bits per heavy atom. The number of fused-ring (bicyclic) bond motifs is 7. The van der Waals surface area contributed by atoms with Crippen LogP contribution in [0.5, 0.6) is 0 Å². The van der Waals surface area contributed by atoms with E-state index in [9.17, 15) is 9.59 Å².